The van der Waals surface area contributed by atoms with E-state index in [0.717, 1.165) is 22.4 Å². The van der Waals surface area contributed by atoms with Crippen LogP contribution in [-0.2, 0) is 6.54 Å². The number of hydrogen-bond acceptors (Lipinski definition) is 4. The quantitative estimate of drug-likeness (QED) is 0.742. The van der Waals surface area contributed by atoms with Gasteiger partial charge >= 0.3 is 0 Å². The average molecular weight is 332 g/mol. The second-order valence-electron chi connectivity index (χ2n) is 5.84. The summed E-state index contributed by atoms with van der Waals surface area (Å²) in [6.45, 7) is 4.65. The Bertz CT molecular complexity index is 861. The molecule has 1 aromatic heterocycles. The van der Waals surface area contributed by atoms with Gasteiger partial charge in [0, 0.05) is 12.2 Å². The lowest BCUT2D eigenvalue weighted by Gasteiger charge is -2.10. The van der Waals surface area contributed by atoms with Crippen molar-refractivity contribution in [1.82, 2.24) is 10.2 Å². The van der Waals surface area contributed by atoms with E-state index in [1.807, 2.05) is 62.4 Å². The Morgan fingerprint density at radius 3 is 2.44 bits per heavy atom. The molecule has 0 aliphatic carbocycles. The first-order valence-electron chi connectivity index (χ1n) is 8.12. The van der Waals surface area contributed by atoms with E-state index in [0.29, 0.717) is 12.4 Å². The number of benzene rings is 2. The monoisotopic (exact) mass is 332 g/mol. The summed E-state index contributed by atoms with van der Waals surface area (Å²) >= 11 is 0. The second kappa shape index (κ2) is 7.57. The number of aromatic nitrogens is 2. The van der Waals surface area contributed by atoms with Crippen LogP contribution in [0.15, 0.2) is 60.7 Å². The topological polar surface area (TPSA) is 66.9 Å². The van der Waals surface area contributed by atoms with Crippen LogP contribution in [0.4, 0.5) is 11.5 Å². The maximum absolute atomic E-state index is 12.3. The fourth-order valence-electron chi connectivity index (χ4n) is 2.41. The van der Waals surface area contributed by atoms with Gasteiger partial charge in [-0.2, -0.15) is 0 Å². The summed E-state index contributed by atoms with van der Waals surface area (Å²) in [5.41, 5.74) is 4.40. The number of rotatable bonds is 5. The van der Waals surface area contributed by atoms with Gasteiger partial charge in [-0.05, 0) is 48.7 Å². The van der Waals surface area contributed by atoms with Crippen molar-refractivity contribution in [3.63, 3.8) is 0 Å². The van der Waals surface area contributed by atoms with E-state index in [-0.39, 0.29) is 11.6 Å². The predicted molar refractivity (Wildman–Crippen MR) is 99.7 cm³/mol. The Hall–Kier alpha value is -3.21. The molecule has 0 bridgehead atoms. The molecule has 2 aromatic carbocycles. The molecule has 0 fully saturated rings. The Labute approximate surface area is 147 Å². The number of hydrogen-bond donors (Lipinski definition) is 2. The minimum absolute atomic E-state index is 0.268. The second-order valence-corrected chi connectivity index (χ2v) is 5.84. The normalized spacial score (nSPS) is 10.3. The van der Waals surface area contributed by atoms with Crippen molar-refractivity contribution in [3.8, 4) is 0 Å². The van der Waals surface area contributed by atoms with E-state index in [1.165, 1.54) is 0 Å². The molecular formula is C20H20N4O. The lowest BCUT2D eigenvalue weighted by molar-refractivity contribution is 0.102. The van der Waals surface area contributed by atoms with Gasteiger partial charge < -0.3 is 10.6 Å². The Morgan fingerprint density at radius 1 is 0.920 bits per heavy atom. The molecule has 0 spiro atoms. The van der Waals surface area contributed by atoms with Crippen LogP contribution in [0.25, 0.3) is 0 Å². The fourth-order valence-corrected chi connectivity index (χ4v) is 2.41. The SMILES string of the molecule is Cc1cccc(NC(=O)c2ccc(NCc3ccccc3)nn2)c1C. The van der Waals surface area contributed by atoms with Gasteiger partial charge in [0.05, 0.1) is 0 Å². The van der Waals surface area contributed by atoms with Crippen LogP contribution in [0.5, 0.6) is 0 Å². The van der Waals surface area contributed by atoms with E-state index < -0.39 is 0 Å². The number of carbonyl (C=O) groups is 1. The zero-order valence-electron chi connectivity index (χ0n) is 14.3. The van der Waals surface area contributed by atoms with Gasteiger partial charge in [0.25, 0.3) is 5.91 Å². The van der Waals surface area contributed by atoms with E-state index in [4.69, 9.17) is 0 Å². The largest absolute Gasteiger partial charge is 0.365 e. The molecule has 126 valence electrons. The molecule has 1 heterocycles. The minimum Gasteiger partial charge on any atom is -0.365 e. The zero-order valence-corrected chi connectivity index (χ0v) is 14.3. The lowest BCUT2D eigenvalue weighted by Crippen LogP contribution is -2.15. The third kappa shape index (κ3) is 4.20. The summed E-state index contributed by atoms with van der Waals surface area (Å²) in [6.07, 6.45) is 0. The third-order valence-corrected chi connectivity index (χ3v) is 4.07. The van der Waals surface area contributed by atoms with Crippen molar-refractivity contribution in [2.45, 2.75) is 20.4 Å². The Morgan fingerprint density at radius 2 is 1.72 bits per heavy atom. The van der Waals surface area contributed by atoms with Crippen molar-refractivity contribution < 1.29 is 4.79 Å². The molecule has 3 rings (SSSR count). The number of carbonyl (C=O) groups excluding carboxylic acids is 1. The first-order valence-corrected chi connectivity index (χ1v) is 8.12. The number of nitrogens with zero attached hydrogens (tertiary/aromatic N) is 2. The molecule has 5 nitrogen and oxygen atoms in total. The first kappa shape index (κ1) is 16.6. The highest BCUT2D eigenvalue weighted by molar-refractivity contribution is 6.03. The number of nitrogens with one attached hydrogen (secondary N) is 2. The highest BCUT2D eigenvalue weighted by Gasteiger charge is 2.10. The van der Waals surface area contributed by atoms with Crippen molar-refractivity contribution in [3.05, 3.63) is 83.0 Å². The molecule has 25 heavy (non-hydrogen) atoms. The number of aryl methyl sites for hydroxylation is 1. The van der Waals surface area contributed by atoms with Crippen LogP contribution in [0.1, 0.15) is 27.2 Å². The molecule has 0 atom stereocenters. The highest BCUT2D eigenvalue weighted by Crippen LogP contribution is 2.18. The van der Waals surface area contributed by atoms with E-state index >= 15 is 0 Å². The van der Waals surface area contributed by atoms with Gasteiger partial charge in [0.2, 0.25) is 0 Å². The van der Waals surface area contributed by atoms with Gasteiger partial charge in [0.1, 0.15) is 5.82 Å². The van der Waals surface area contributed by atoms with E-state index in [9.17, 15) is 4.79 Å². The smallest absolute Gasteiger partial charge is 0.276 e. The van der Waals surface area contributed by atoms with Crippen molar-refractivity contribution in [2.75, 3.05) is 10.6 Å². The molecule has 5 heteroatoms. The van der Waals surface area contributed by atoms with Gasteiger partial charge in [0.15, 0.2) is 5.69 Å². The maximum atomic E-state index is 12.3. The standard InChI is InChI=1S/C20H20N4O/c1-14-7-6-10-17(15(14)2)22-20(25)18-11-12-19(24-23-18)21-13-16-8-4-3-5-9-16/h3-12H,13H2,1-2H3,(H,21,24)(H,22,25). The summed E-state index contributed by atoms with van der Waals surface area (Å²) in [4.78, 5) is 12.3. The molecule has 0 unspecified atom stereocenters. The van der Waals surface area contributed by atoms with E-state index in [1.54, 1.807) is 12.1 Å². The van der Waals surface area contributed by atoms with Crippen LogP contribution in [-0.4, -0.2) is 16.1 Å². The van der Waals surface area contributed by atoms with E-state index in [2.05, 4.69) is 20.8 Å². The molecule has 0 aliphatic heterocycles. The summed E-state index contributed by atoms with van der Waals surface area (Å²) in [6, 6.07) is 19.3. The molecule has 0 saturated carbocycles. The fraction of sp³-hybridized carbons (Fsp3) is 0.150. The highest BCUT2D eigenvalue weighted by atomic mass is 16.1. The molecule has 1 amide bonds. The van der Waals surface area contributed by atoms with Crippen LogP contribution in [0.3, 0.4) is 0 Å². The Balaban J connectivity index is 1.63. The maximum Gasteiger partial charge on any atom is 0.276 e. The molecule has 0 saturated heterocycles. The van der Waals surface area contributed by atoms with Crippen molar-refractivity contribution >= 4 is 17.4 Å². The van der Waals surface area contributed by atoms with Gasteiger partial charge in [-0.1, -0.05) is 42.5 Å². The molecule has 3 aromatic rings. The molecule has 0 aliphatic rings. The Kier molecular flexibility index (Phi) is 5.04. The van der Waals surface area contributed by atoms with Gasteiger partial charge in [-0.25, -0.2) is 0 Å². The number of anilines is 2. The third-order valence-electron chi connectivity index (χ3n) is 4.07. The zero-order chi connectivity index (χ0) is 17.6. The summed E-state index contributed by atoms with van der Waals surface area (Å²) in [5.74, 6) is 0.364. The summed E-state index contributed by atoms with van der Waals surface area (Å²) in [5, 5.41) is 14.2. The molecule has 0 radical (unpaired) electrons. The molecule has 2 N–H and O–H groups in total. The van der Waals surface area contributed by atoms with Crippen LogP contribution < -0.4 is 10.6 Å². The van der Waals surface area contributed by atoms with Gasteiger partial charge in [-0.3, -0.25) is 4.79 Å². The first-order chi connectivity index (χ1) is 12.1. The van der Waals surface area contributed by atoms with Crippen LogP contribution >= 0.6 is 0 Å². The van der Waals surface area contributed by atoms with Crippen molar-refractivity contribution in [2.24, 2.45) is 0 Å². The van der Waals surface area contributed by atoms with Crippen LogP contribution in [0.2, 0.25) is 0 Å². The summed E-state index contributed by atoms with van der Waals surface area (Å²) < 4.78 is 0. The lowest BCUT2D eigenvalue weighted by atomic mass is 10.1. The van der Waals surface area contributed by atoms with Crippen LogP contribution in [0, 0.1) is 13.8 Å². The molecular weight excluding hydrogens is 312 g/mol. The number of amides is 1. The summed E-state index contributed by atoms with van der Waals surface area (Å²) in [7, 11) is 0. The van der Waals surface area contributed by atoms with Gasteiger partial charge in [-0.15, -0.1) is 10.2 Å². The predicted octanol–water partition coefficient (Wildman–Crippen LogP) is 3.96. The average Bonchev–Trinajstić information content (AvgIpc) is 2.65. The van der Waals surface area contributed by atoms with Crippen molar-refractivity contribution in [1.29, 1.82) is 0 Å². The minimum atomic E-state index is -0.268.